The molecule has 0 saturated heterocycles. The van der Waals surface area contributed by atoms with Crippen LogP contribution in [0.15, 0.2) is 36.4 Å². The summed E-state index contributed by atoms with van der Waals surface area (Å²) in [6, 6.07) is 11.0. The highest BCUT2D eigenvalue weighted by molar-refractivity contribution is 5.32. The van der Waals surface area contributed by atoms with Crippen molar-refractivity contribution in [1.82, 2.24) is 0 Å². The number of benzene rings is 2. The Balaban J connectivity index is 0.000000322. The van der Waals surface area contributed by atoms with Crippen molar-refractivity contribution in [3.63, 3.8) is 0 Å². The first-order valence-corrected chi connectivity index (χ1v) is 7.33. The van der Waals surface area contributed by atoms with Gasteiger partial charge in [0.25, 0.3) is 0 Å². The summed E-state index contributed by atoms with van der Waals surface area (Å²) >= 11 is 0. The van der Waals surface area contributed by atoms with Crippen LogP contribution in [0.25, 0.3) is 0 Å². The third kappa shape index (κ3) is 9.55. The first-order chi connectivity index (χ1) is 9.78. The Kier molecular flexibility index (Phi) is 8.95. The molecule has 2 heteroatoms. The lowest BCUT2D eigenvalue weighted by molar-refractivity contribution is 0.474. The van der Waals surface area contributed by atoms with Crippen LogP contribution in [-0.4, -0.2) is 10.2 Å². The van der Waals surface area contributed by atoms with Crippen LogP contribution in [0.5, 0.6) is 11.5 Å². The Bertz CT molecular complexity index is 395. The Hall–Kier alpha value is -1.96. The average molecular weight is 288 g/mol. The van der Waals surface area contributed by atoms with Crippen molar-refractivity contribution in [2.45, 2.75) is 48.0 Å². The van der Waals surface area contributed by atoms with E-state index in [0.29, 0.717) is 11.5 Å². The minimum Gasteiger partial charge on any atom is -0.508 e. The molecule has 0 unspecified atom stereocenters. The fraction of sp³-hybridized carbons (Fsp3) is 0.368. The lowest BCUT2D eigenvalue weighted by atomic mass is 10.1. The third-order valence-electron chi connectivity index (χ3n) is 2.41. The number of phenols is 2. The largest absolute Gasteiger partial charge is 0.508 e. The molecular weight excluding hydrogens is 260 g/mol. The Labute approximate surface area is 129 Å². The lowest BCUT2D eigenvalue weighted by Crippen LogP contribution is -1.74. The van der Waals surface area contributed by atoms with Crippen LogP contribution in [0, 0.1) is 27.7 Å². The van der Waals surface area contributed by atoms with Gasteiger partial charge in [-0.15, -0.1) is 0 Å². The van der Waals surface area contributed by atoms with Crippen LogP contribution in [0.4, 0.5) is 0 Å². The summed E-state index contributed by atoms with van der Waals surface area (Å²) in [6.07, 6.45) is 1.25. The van der Waals surface area contributed by atoms with Crippen molar-refractivity contribution in [2.75, 3.05) is 0 Å². The van der Waals surface area contributed by atoms with Crippen LogP contribution >= 0.6 is 0 Å². The summed E-state index contributed by atoms with van der Waals surface area (Å²) in [5, 5.41) is 18.0. The summed E-state index contributed by atoms with van der Waals surface area (Å²) in [6.45, 7) is 12.1. The fourth-order valence-corrected chi connectivity index (χ4v) is 1.90. The maximum absolute atomic E-state index is 8.99. The predicted molar refractivity (Wildman–Crippen MR) is 91.1 cm³/mol. The molecule has 21 heavy (non-hydrogen) atoms. The van der Waals surface area contributed by atoms with Gasteiger partial charge >= 0.3 is 0 Å². The molecule has 2 aromatic rings. The van der Waals surface area contributed by atoms with E-state index < -0.39 is 0 Å². The van der Waals surface area contributed by atoms with Crippen molar-refractivity contribution in [1.29, 1.82) is 0 Å². The monoisotopic (exact) mass is 288 g/mol. The molecule has 0 amide bonds. The number of hydrogen-bond acceptors (Lipinski definition) is 2. The molecule has 0 aliphatic rings. The van der Waals surface area contributed by atoms with E-state index in [1.54, 1.807) is 24.3 Å². The zero-order chi connectivity index (χ0) is 16.4. The van der Waals surface area contributed by atoms with E-state index >= 15 is 0 Å². The molecule has 2 nitrogen and oxygen atoms in total. The van der Waals surface area contributed by atoms with Crippen molar-refractivity contribution >= 4 is 0 Å². The van der Waals surface area contributed by atoms with Gasteiger partial charge < -0.3 is 10.2 Å². The highest BCUT2D eigenvalue weighted by Crippen LogP contribution is 2.13. The highest BCUT2D eigenvalue weighted by Gasteiger charge is 1.90. The van der Waals surface area contributed by atoms with Gasteiger partial charge in [0.05, 0.1) is 0 Å². The second-order valence-corrected chi connectivity index (χ2v) is 5.40. The lowest BCUT2D eigenvalue weighted by Gasteiger charge is -1.95. The number of hydrogen-bond donors (Lipinski definition) is 2. The van der Waals surface area contributed by atoms with E-state index in [2.05, 4.69) is 13.8 Å². The SMILES string of the molecule is CCC.Cc1cc(C)cc(O)c1.Cc1cc(C)cc(O)c1. The van der Waals surface area contributed by atoms with Crippen LogP contribution < -0.4 is 0 Å². The van der Waals surface area contributed by atoms with Crippen molar-refractivity contribution in [3.05, 3.63) is 58.7 Å². The Morgan fingerprint density at radius 2 is 0.762 bits per heavy atom. The van der Waals surface area contributed by atoms with E-state index in [9.17, 15) is 0 Å². The van der Waals surface area contributed by atoms with E-state index in [4.69, 9.17) is 10.2 Å². The molecule has 0 radical (unpaired) electrons. The molecule has 0 aliphatic carbocycles. The molecular formula is C19H28O2. The summed E-state index contributed by atoms with van der Waals surface area (Å²) in [5.41, 5.74) is 4.42. The van der Waals surface area contributed by atoms with E-state index in [1.807, 2.05) is 39.8 Å². The number of aromatic hydroxyl groups is 2. The maximum atomic E-state index is 8.99. The van der Waals surface area contributed by atoms with Gasteiger partial charge in [0.1, 0.15) is 11.5 Å². The van der Waals surface area contributed by atoms with Gasteiger partial charge in [-0.25, -0.2) is 0 Å². The smallest absolute Gasteiger partial charge is 0.116 e. The molecule has 2 rings (SSSR count). The Morgan fingerprint density at radius 1 is 0.571 bits per heavy atom. The molecule has 0 aromatic heterocycles. The highest BCUT2D eigenvalue weighted by atomic mass is 16.3. The topological polar surface area (TPSA) is 40.5 Å². The first-order valence-electron chi connectivity index (χ1n) is 7.33. The molecule has 0 bridgehead atoms. The van der Waals surface area contributed by atoms with Crippen LogP contribution in [0.2, 0.25) is 0 Å². The molecule has 0 saturated carbocycles. The van der Waals surface area contributed by atoms with Crippen molar-refractivity contribution in [2.24, 2.45) is 0 Å². The average Bonchev–Trinajstić information content (AvgIpc) is 2.26. The van der Waals surface area contributed by atoms with Gasteiger partial charge in [-0.3, -0.25) is 0 Å². The predicted octanol–water partition coefficient (Wildman–Crippen LogP) is 5.43. The number of phenolic OH excluding ortho intramolecular Hbond substituents is 2. The van der Waals surface area contributed by atoms with E-state index in [1.165, 1.54) is 6.42 Å². The van der Waals surface area contributed by atoms with Gasteiger partial charge in [0, 0.05) is 0 Å². The Morgan fingerprint density at radius 3 is 0.905 bits per heavy atom. The molecule has 116 valence electrons. The maximum Gasteiger partial charge on any atom is 0.116 e. The number of aryl methyl sites for hydroxylation is 4. The third-order valence-corrected chi connectivity index (χ3v) is 2.41. The molecule has 0 fully saturated rings. The van der Waals surface area contributed by atoms with Gasteiger partial charge in [0.2, 0.25) is 0 Å². The summed E-state index contributed by atoms with van der Waals surface area (Å²) in [5.74, 6) is 0.708. The van der Waals surface area contributed by atoms with Gasteiger partial charge in [-0.2, -0.15) is 0 Å². The van der Waals surface area contributed by atoms with Crippen LogP contribution in [0.3, 0.4) is 0 Å². The minimum absolute atomic E-state index is 0.354. The van der Waals surface area contributed by atoms with Crippen molar-refractivity contribution < 1.29 is 10.2 Å². The molecule has 0 heterocycles. The summed E-state index contributed by atoms with van der Waals surface area (Å²) < 4.78 is 0. The second kappa shape index (κ2) is 9.87. The zero-order valence-corrected chi connectivity index (χ0v) is 14.1. The van der Waals surface area contributed by atoms with Gasteiger partial charge in [-0.05, 0) is 74.2 Å². The fourth-order valence-electron chi connectivity index (χ4n) is 1.90. The molecule has 2 N–H and O–H groups in total. The van der Waals surface area contributed by atoms with Gasteiger partial charge in [0.15, 0.2) is 0 Å². The quantitative estimate of drug-likeness (QED) is 0.678. The summed E-state index contributed by atoms with van der Waals surface area (Å²) in [7, 11) is 0. The molecule has 0 spiro atoms. The molecule has 2 aromatic carbocycles. The van der Waals surface area contributed by atoms with Gasteiger partial charge in [-0.1, -0.05) is 32.4 Å². The molecule has 0 aliphatic heterocycles. The van der Waals surface area contributed by atoms with Crippen LogP contribution in [0.1, 0.15) is 42.5 Å². The number of rotatable bonds is 0. The molecule has 0 atom stereocenters. The standard InChI is InChI=1S/2C8H10O.C3H8/c2*1-6-3-7(2)5-8(9)4-6;1-3-2/h2*3-5,9H,1-2H3;3H2,1-2H3. The second-order valence-electron chi connectivity index (χ2n) is 5.40. The van der Waals surface area contributed by atoms with E-state index in [-0.39, 0.29) is 0 Å². The van der Waals surface area contributed by atoms with Crippen molar-refractivity contribution in [3.8, 4) is 11.5 Å². The minimum atomic E-state index is 0.354. The van der Waals surface area contributed by atoms with E-state index in [0.717, 1.165) is 22.3 Å². The van der Waals surface area contributed by atoms with Crippen LogP contribution in [-0.2, 0) is 0 Å². The first kappa shape index (κ1) is 19.0. The normalized spacial score (nSPS) is 9.05. The zero-order valence-electron chi connectivity index (χ0n) is 14.1. The summed E-state index contributed by atoms with van der Waals surface area (Å²) in [4.78, 5) is 0.